The molecule has 1 nitrogen and oxygen atoms in total. The van der Waals surface area contributed by atoms with Crippen LogP contribution in [-0.4, -0.2) is 6.04 Å². The summed E-state index contributed by atoms with van der Waals surface area (Å²) in [6.45, 7) is 14.5. The average molecular weight is 233 g/mol. The molecule has 17 heavy (non-hydrogen) atoms. The van der Waals surface area contributed by atoms with Gasteiger partial charge in [-0.1, -0.05) is 58.9 Å². The second-order valence-electron chi connectivity index (χ2n) is 6.36. The Morgan fingerprint density at radius 2 is 1.53 bits per heavy atom. The first-order chi connectivity index (χ1) is 7.80. The number of hydrogen-bond donors (Lipinski definition) is 1. The second-order valence-corrected chi connectivity index (χ2v) is 6.36. The van der Waals surface area contributed by atoms with Crippen molar-refractivity contribution in [1.82, 2.24) is 5.32 Å². The normalized spacial score (nSPS) is 14.1. The van der Waals surface area contributed by atoms with E-state index >= 15 is 0 Å². The maximum absolute atomic E-state index is 3.59. The first kappa shape index (κ1) is 14.2. The quantitative estimate of drug-likeness (QED) is 0.816. The molecular weight excluding hydrogens is 206 g/mol. The fraction of sp³-hybridized carbons (Fsp3) is 0.625. The predicted octanol–water partition coefficient (Wildman–Crippen LogP) is 4.33. The summed E-state index contributed by atoms with van der Waals surface area (Å²) in [7, 11) is 0. The highest BCUT2D eigenvalue weighted by atomic mass is 14.9. The Morgan fingerprint density at radius 1 is 1.00 bits per heavy atom. The summed E-state index contributed by atoms with van der Waals surface area (Å²) < 4.78 is 0. The zero-order valence-electron chi connectivity index (χ0n) is 12.2. The zero-order chi connectivity index (χ0) is 13.1. The van der Waals surface area contributed by atoms with Gasteiger partial charge in [0.15, 0.2) is 0 Å². The molecule has 1 unspecified atom stereocenters. The van der Waals surface area contributed by atoms with Crippen molar-refractivity contribution >= 4 is 0 Å². The summed E-state index contributed by atoms with van der Waals surface area (Å²) in [5.41, 5.74) is 3.10. The SMILES string of the molecule is CC(C)c1ccc(CNC(C)C(C)(C)C)cc1. The highest BCUT2D eigenvalue weighted by Crippen LogP contribution is 2.19. The monoisotopic (exact) mass is 233 g/mol. The van der Waals surface area contributed by atoms with Crippen LogP contribution in [0.3, 0.4) is 0 Å². The van der Waals surface area contributed by atoms with Crippen LogP contribution in [-0.2, 0) is 6.54 Å². The van der Waals surface area contributed by atoms with Crippen molar-refractivity contribution in [3.05, 3.63) is 35.4 Å². The number of hydrogen-bond acceptors (Lipinski definition) is 1. The summed E-state index contributed by atoms with van der Waals surface area (Å²) in [5.74, 6) is 0.616. The van der Waals surface area contributed by atoms with E-state index < -0.39 is 0 Å². The molecule has 0 fully saturated rings. The fourth-order valence-electron chi connectivity index (χ4n) is 1.60. The van der Waals surface area contributed by atoms with Gasteiger partial charge in [-0.25, -0.2) is 0 Å². The lowest BCUT2D eigenvalue weighted by Gasteiger charge is -2.28. The summed E-state index contributed by atoms with van der Waals surface area (Å²) in [5, 5.41) is 3.59. The Kier molecular flexibility index (Phi) is 4.76. The number of nitrogens with one attached hydrogen (secondary N) is 1. The van der Waals surface area contributed by atoms with Gasteiger partial charge in [-0.3, -0.25) is 0 Å². The van der Waals surface area contributed by atoms with Gasteiger partial charge in [0.05, 0.1) is 0 Å². The van der Waals surface area contributed by atoms with E-state index in [1.165, 1.54) is 11.1 Å². The standard InChI is InChI=1S/C16H27N/c1-12(2)15-9-7-14(8-10-15)11-17-13(3)16(4,5)6/h7-10,12-13,17H,11H2,1-6H3. The van der Waals surface area contributed by atoms with Gasteiger partial charge in [-0.05, 0) is 29.4 Å². The van der Waals surface area contributed by atoms with Gasteiger partial charge >= 0.3 is 0 Å². The van der Waals surface area contributed by atoms with Gasteiger partial charge in [0, 0.05) is 12.6 Å². The molecule has 0 spiro atoms. The van der Waals surface area contributed by atoms with Crippen LogP contribution in [0.15, 0.2) is 24.3 Å². The van der Waals surface area contributed by atoms with Crippen molar-refractivity contribution in [3.63, 3.8) is 0 Å². The lowest BCUT2D eigenvalue weighted by Crippen LogP contribution is -2.37. The third-order valence-corrected chi connectivity index (χ3v) is 3.56. The van der Waals surface area contributed by atoms with Gasteiger partial charge < -0.3 is 5.32 Å². The minimum Gasteiger partial charge on any atom is -0.310 e. The van der Waals surface area contributed by atoms with Gasteiger partial charge in [0.1, 0.15) is 0 Å². The molecule has 0 saturated carbocycles. The number of rotatable bonds is 4. The van der Waals surface area contributed by atoms with E-state index in [1.54, 1.807) is 0 Å². The molecular formula is C16H27N. The van der Waals surface area contributed by atoms with Crippen molar-refractivity contribution < 1.29 is 0 Å². The molecule has 0 saturated heterocycles. The lowest BCUT2D eigenvalue weighted by molar-refractivity contribution is 0.285. The van der Waals surface area contributed by atoms with E-state index in [0.717, 1.165) is 6.54 Å². The molecule has 1 atom stereocenters. The summed E-state index contributed by atoms with van der Waals surface area (Å²) in [6.07, 6.45) is 0. The van der Waals surface area contributed by atoms with E-state index in [2.05, 4.69) is 71.1 Å². The van der Waals surface area contributed by atoms with Crippen LogP contribution in [0.5, 0.6) is 0 Å². The molecule has 0 aliphatic heterocycles. The van der Waals surface area contributed by atoms with Crippen LogP contribution < -0.4 is 5.32 Å². The molecule has 1 heteroatoms. The van der Waals surface area contributed by atoms with E-state index in [4.69, 9.17) is 0 Å². The Hall–Kier alpha value is -0.820. The summed E-state index contributed by atoms with van der Waals surface area (Å²) >= 11 is 0. The summed E-state index contributed by atoms with van der Waals surface area (Å²) in [6, 6.07) is 9.47. The van der Waals surface area contributed by atoms with E-state index in [-0.39, 0.29) is 0 Å². The highest BCUT2D eigenvalue weighted by Gasteiger charge is 2.18. The topological polar surface area (TPSA) is 12.0 Å². The Morgan fingerprint density at radius 3 is 1.94 bits per heavy atom. The molecule has 0 amide bonds. The Labute approximate surface area is 107 Å². The van der Waals surface area contributed by atoms with Crippen LogP contribution in [0.2, 0.25) is 0 Å². The van der Waals surface area contributed by atoms with Crippen molar-refractivity contribution in [1.29, 1.82) is 0 Å². The molecule has 1 aromatic rings. The van der Waals surface area contributed by atoms with Crippen molar-refractivity contribution in [2.45, 2.75) is 60.0 Å². The summed E-state index contributed by atoms with van der Waals surface area (Å²) in [4.78, 5) is 0. The van der Waals surface area contributed by atoms with Crippen molar-refractivity contribution in [2.75, 3.05) is 0 Å². The Balaban J connectivity index is 2.53. The van der Waals surface area contributed by atoms with Crippen molar-refractivity contribution in [2.24, 2.45) is 5.41 Å². The van der Waals surface area contributed by atoms with E-state index in [0.29, 0.717) is 17.4 Å². The van der Waals surface area contributed by atoms with Crippen LogP contribution in [0, 0.1) is 5.41 Å². The smallest absolute Gasteiger partial charge is 0.0208 e. The van der Waals surface area contributed by atoms with E-state index in [9.17, 15) is 0 Å². The van der Waals surface area contributed by atoms with Gasteiger partial charge in [0.25, 0.3) is 0 Å². The molecule has 0 heterocycles. The average Bonchev–Trinajstić information content (AvgIpc) is 2.25. The number of benzene rings is 1. The molecule has 0 aromatic heterocycles. The molecule has 0 bridgehead atoms. The largest absolute Gasteiger partial charge is 0.310 e. The Bertz CT molecular complexity index is 330. The third-order valence-electron chi connectivity index (χ3n) is 3.56. The molecule has 0 aliphatic rings. The molecule has 96 valence electrons. The van der Waals surface area contributed by atoms with Crippen molar-refractivity contribution in [3.8, 4) is 0 Å². The lowest BCUT2D eigenvalue weighted by atomic mass is 9.88. The molecule has 1 aromatic carbocycles. The minimum atomic E-state index is 0.317. The minimum absolute atomic E-state index is 0.317. The first-order valence-electron chi connectivity index (χ1n) is 6.63. The van der Waals surface area contributed by atoms with E-state index in [1.807, 2.05) is 0 Å². The van der Waals surface area contributed by atoms with Gasteiger partial charge in [-0.2, -0.15) is 0 Å². The highest BCUT2D eigenvalue weighted by molar-refractivity contribution is 5.24. The van der Waals surface area contributed by atoms with Crippen LogP contribution in [0.4, 0.5) is 0 Å². The maximum atomic E-state index is 3.59. The molecule has 1 N–H and O–H groups in total. The van der Waals surface area contributed by atoms with Gasteiger partial charge in [0.2, 0.25) is 0 Å². The second kappa shape index (κ2) is 5.68. The fourth-order valence-corrected chi connectivity index (χ4v) is 1.60. The third kappa shape index (κ3) is 4.51. The molecule has 0 radical (unpaired) electrons. The molecule has 0 aliphatic carbocycles. The zero-order valence-corrected chi connectivity index (χ0v) is 12.2. The van der Waals surface area contributed by atoms with Crippen LogP contribution in [0.25, 0.3) is 0 Å². The molecule has 1 rings (SSSR count). The van der Waals surface area contributed by atoms with Crippen LogP contribution >= 0.6 is 0 Å². The van der Waals surface area contributed by atoms with Gasteiger partial charge in [-0.15, -0.1) is 0 Å². The first-order valence-corrected chi connectivity index (χ1v) is 6.63. The predicted molar refractivity (Wildman–Crippen MR) is 76.3 cm³/mol. The maximum Gasteiger partial charge on any atom is 0.0208 e. The van der Waals surface area contributed by atoms with Crippen LogP contribution in [0.1, 0.15) is 58.6 Å².